The molecule has 0 radical (unpaired) electrons. The fourth-order valence-corrected chi connectivity index (χ4v) is 3.43. The Hall–Kier alpha value is -3.28. The van der Waals surface area contributed by atoms with Crippen LogP contribution in [0.1, 0.15) is 24.1 Å². The normalized spacial score (nSPS) is 21.6. The van der Waals surface area contributed by atoms with Gasteiger partial charge in [0.15, 0.2) is 5.60 Å². The second-order valence-corrected chi connectivity index (χ2v) is 6.57. The number of cyclic esters (lactones) is 1. The topological polar surface area (TPSA) is 51.2 Å². The summed E-state index contributed by atoms with van der Waals surface area (Å²) in [6.45, 7) is 1.56. The SMILES string of the molecule is C[C@@]1(c2cc(F)ccc2F)OC(=O)N[C@H]1c1cncc(-c2ccccc2)c1. The average molecular weight is 366 g/mol. The summed E-state index contributed by atoms with van der Waals surface area (Å²) in [5, 5.41) is 2.69. The molecule has 0 aliphatic carbocycles. The molecule has 27 heavy (non-hydrogen) atoms. The van der Waals surface area contributed by atoms with Gasteiger partial charge in [0.1, 0.15) is 17.7 Å². The minimum Gasteiger partial charge on any atom is -0.436 e. The van der Waals surface area contributed by atoms with Gasteiger partial charge in [-0.1, -0.05) is 30.3 Å². The first-order valence-corrected chi connectivity index (χ1v) is 8.43. The molecule has 4 nitrogen and oxygen atoms in total. The number of aromatic nitrogens is 1. The smallest absolute Gasteiger partial charge is 0.408 e. The van der Waals surface area contributed by atoms with Crippen LogP contribution >= 0.6 is 0 Å². The molecule has 1 saturated heterocycles. The molecule has 0 spiro atoms. The summed E-state index contributed by atoms with van der Waals surface area (Å²) < 4.78 is 33.6. The molecular weight excluding hydrogens is 350 g/mol. The number of carbonyl (C=O) groups excluding carboxylic acids is 1. The van der Waals surface area contributed by atoms with Crippen molar-refractivity contribution in [1.82, 2.24) is 10.3 Å². The zero-order valence-corrected chi connectivity index (χ0v) is 14.4. The molecule has 0 unspecified atom stereocenters. The molecule has 4 rings (SSSR count). The Balaban J connectivity index is 1.80. The van der Waals surface area contributed by atoms with Gasteiger partial charge in [-0.15, -0.1) is 0 Å². The van der Waals surface area contributed by atoms with E-state index >= 15 is 0 Å². The standard InChI is InChI=1S/C21H16F2N2O2/c1-21(17-10-16(22)7-8-18(17)23)19(25-20(26)27-21)15-9-14(11-24-12-15)13-5-3-2-4-6-13/h2-12,19H,1H3,(H,25,26)/t19-,21-/m0/s1. The maximum absolute atomic E-state index is 14.4. The maximum Gasteiger partial charge on any atom is 0.408 e. The number of carbonyl (C=O) groups is 1. The Morgan fingerprint density at radius 2 is 1.81 bits per heavy atom. The third kappa shape index (κ3) is 3.03. The van der Waals surface area contributed by atoms with Crippen LogP contribution in [0.15, 0.2) is 67.0 Å². The van der Waals surface area contributed by atoms with Gasteiger partial charge in [-0.05, 0) is 42.3 Å². The fraction of sp³-hybridized carbons (Fsp3) is 0.143. The van der Waals surface area contributed by atoms with Crippen LogP contribution in [0.2, 0.25) is 0 Å². The quantitative estimate of drug-likeness (QED) is 0.730. The molecule has 0 bridgehead atoms. The number of alkyl carbamates (subject to hydrolysis) is 1. The summed E-state index contributed by atoms with van der Waals surface area (Å²) in [6, 6.07) is 13.9. The number of hydrogen-bond donors (Lipinski definition) is 1. The second kappa shape index (κ2) is 6.46. The molecule has 1 aliphatic rings. The molecule has 2 aromatic carbocycles. The van der Waals surface area contributed by atoms with E-state index in [1.807, 2.05) is 36.4 Å². The van der Waals surface area contributed by atoms with E-state index < -0.39 is 29.4 Å². The minimum atomic E-state index is -1.42. The van der Waals surface area contributed by atoms with E-state index in [0.717, 1.165) is 29.3 Å². The van der Waals surface area contributed by atoms with Gasteiger partial charge >= 0.3 is 6.09 Å². The number of nitrogens with one attached hydrogen (secondary N) is 1. The molecular formula is C21H16F2N2O2. The van der Waals surface area contributed by atoms with Crippen molar-refractivity contribution in [1.29, 1.82) is 0 Å². The Kier molecular flexibility index (Phi) is 4.11. The zero-order valence-electron chi connectivity index (χ0n) is 14.4. The van der Waals surface area contributed by atoms with E-state index in [2.05, 4.69) is 10.3 Å². The Bertz CT molecular complexity index is 1010. The van der Waals surface area contributed by atoms with E-state index in [1.54, 1.807) is 19.3 Å². The van der Waals surface area contributed by atoms with Crippen LogP contribution in [0.4, 0.5) is 13.6 Å². The lowest BCUT2D eigenvalue weighted by Gasteiger charge is -2.29. The maximum atomic E-state index is 14.4. The third-order valence-electron chi connectivity index (χ3n) is 4.78. The Morgan fingerprint density at radius 1 is 1.04 bits per heavy atom. The Morgan fingerprint density at radius 3 is 2.59 bits per heavy atom. The highest BCUT2D eigenvalue weighted by Crippen LogP contribution is 2.44. The van der Waals surface area contributed by atoms with Crippen molar-refractivity contribution >= 4 is 6.09 Å². The fourth-order valence-electron chi connectivity index (χ4n) is 3.43. The lowest BCUT2D eigenvalue weighted by molar-refractivity contribution is 0.0460. The molecule has 1 fully saturated rings. The highest BCUT2D eigenvalue weighted by atomic mass is 19.1. The van der Waals surface area contributed by atoms with Crippen molar-refractivity contribution in [3.05, 3.63) is 89.8 Å². The number of nitrogens with zero attached hydrogens (tertiary/aromatic N) is 1. The number of amides is 1. The summed E-state index contributed by atoms with van der Waals surface area (Å²) in [7, 11) is 0. The van der Waals surface area contributed by atoms with Crippen LogP contribution in [-0.4, -0.2) is 11.1 Å². The van der Waals surface area contributed by atoms with Gasteiger partial charge < -0.3 is 10.1 Å². The molecule has 6 heteroatoms. The predicted molar refractivity (Wildman–Crippen MR) is 95.7 cm³/mol. The van der Waals surface area contributed by atoms with Crippen LogP contribution < -0.4 is 5.32 Å². The van der Waals surface area contributed by atoms with Crippen molar-refractivity contribution in [2.45, 2.75) is 18.6 Å². The van der Waals surface area contributed by atoms with Gasteiger partial charge in [-0.3, -0.25) is 4.98 Å². The summed E-state index contributed by atoms with van der Waals surface area (Å²) in [5.41, 5.74) is 0.983. The first kappa shape index (κ1) is 17.1. The number of benzene rings is 2. The molecule has 1 aromatic heterocycles. The van der Waals surface area contributed by atoms with Crippen molar-refractivity contribution < 1.29 is 18.3 Å². The number of ether oxygens (including phenoxy) is 1. The van der Waals surface area contributed by atoms with E-state index in [4.69, 9.17) is 4.74 Å². The van der Waals surface area contributed by atoms with Crippen molar-refractivity contribution in [2.24, 2.45) is 0 Å². The van der Waals surface area contributed by atoms with Crippen molar-refractivity contribution in [2.75, 3.05) is 0 Å². The van der Waals surface area contributed by atoms with Gasteiger partial charge in [0, 0.05) is 23.5 Å². The van der Waals surface area contributed by atoms with Crippen molar-refractivity contribution in [3.63, 3.8) is 0 Å². The zero-order chi connectivity index (χ0) is 19.0. The molecule has 2 atom stereocenters. The summed E-state index contributed by atoms with van der Waals surface area (Å²) in [4.78, 5) is 16.3. The van der Waals surface area contributed by atoms with Crippen LogP contribution in [0.3, 0.4) is 0 Å². The van der Waals surface area contributed by atoms with Crippen molar-refractivity contribution in [3.8, 4) is 11.1 Å². The second-order valence-electron chi connectivity index (χ2n) is 6.57. The number of pyridine rings is 1. The minimum absolute atomic E-state index is 0.0315. The first-order valence-electron chi connectivity index (χ1n) is 8.43. The van der Waals surface area contributed by atoms with Gasteiger partial charge in [0.2, 0.25) is 0 Å². The number of hydrogen-bond acceptors (Lipinski definition) is 3. The third-order valence-corrected chi connectivity index (χ3v) is 4.78. The van der Waals surface area contributed by atoms with E-state index in [-0.39, 0.29) is 5.56 Å². The molecule has 1 N–H and O–H groups in total. The molecule has 0 saturated carbocycles. The van der Waals surface area contributed by atoms with E-state index in [0.29, 0.717) is 5.56 Å². The molecule has 136 valence electrons. The first-order chi connectivity index (χ1) is 13.0. The van der Waals surface area contributed by atoms with Crippen LogP contribution in [0, 0.1) is 11.6 Å². The summed E-state index contributed by atoms with van der Waals surface area (Å²) in [6.07, 6.45) is 2.59. The number of rotatable bonds is 3. The van der Waals surface area contributed by atoms with Gasteiger partial charge in [0.05, 0.1) is 0 Å². The van der Waals surface area contributed by atoms with Crippen LogP contribution in [0.5, 0.6) is 0 Å². The van der Waals surface area contributed by atoms with Gasteiger partial charge in [-0.2, -0.15) is 0 Å². The Labute approximate surface area is 154 Å². The van der Waals surface area contributed by atoms with Crippen LogP contribution in [0.25, 0.3) is 11.1 Å². The van der Waals surface area contributed by atoms with E-state index in [9.17, 15) is 13.6 Å². The monoisotopic (exact) mass is 366 g/mol. The highest BCUT2D eigenvalue weighted by Gasteiger charge is 2.49. The predicted octanol–water partition coefficient (Wildman–Crippen LogP) is 4.72. The molecule has 1 amide bonds. The molecule has 3 aromatic rings. The lowest BCUT2D eigenvalue weighted by Crippen LogP contribution is -2.32. The highest BCUT2D eigenvalue weighted by molar-refractivity contribution is 5.73. The molecule has 1 aliphatic heterocycles. The largest absolute Gasteiger partial charge is 0.436 e. The van der Waals surface area contributed by atoms with Crippen LogP contribution in [-0.2, 0) is 10.3 Å². The average Bonchev–Trinajstić information content (AvgIpc) is 3.00. The lowest BCUT2D eigenvalue weighted by atomic mass is 9.84. The number of halogens is 2. The summed E-state index contributed by atoms with van der Waals surface area (Å²) in [5.74, 6) is -1.25. The molecule has 2 heterocycles. The van der Waals surface area contributed by atoms with Gasteiger partial charge in [-0.25, -0.2) is 13.6 Å². The van der Waals surface area contributed by atoms with Gasteiger partial charge in [0.25, 0.3) is 0 Å². The van der Waals surface area contributed by atoms with E-state index in [1.165, 1.54) is 0 Å². The summed E-state index contributed by atoms with van der Waals surface area (Å²) >= 11 is 0.